The number of benzene rings is 3. The first kappa shape index (κ1) is 22.3. The van der Waals surface area contributed by atoms with E-state index in [1.54, 1.807) is 43.3 Å². The Morgan fingerprint density at radius 2 is 1.74 bits per heavy atom. The molecule has 0 aliphatic heterocycles. The monoisotopic (exact) mass is 459 g/mol. The second-order valence-corrected chi connectivity index (χ2v) is 8.77. The maximum atomic E-state index is 12.9. The van der Waals surface area contributed by atoms with Gasteiger partial charge in [-0.1, -0.05) is 41.9 Å². The number of aryl methyl sites for hydroxylation is 1. The standard InChI is InChI=1S/C21H18ClN3O5S/c1-14-6-9-16(23-21(26)12-15-7-10-17(11-8-15)25(27)28)13-20(14)31(29,30)24-19-5-3-2-4-18(19)22/h2-11,13,24H,12H2,1H3,(H,23,26). The van der Waals surface area contributed by atoms with Gasteiger partial charge >= 0.3 is 0 Å². The van der Waals surface area contributed by atoms with Crippen LogP contribution in [0, 0.1) is 17.0 Å². The van der Waals surface area contributed by atoms with E-state index in [9.17, 15) is 23.3 Å². The smallest absolute Gasteiger partial charge is 0.269 e. The fourth-order valence-electron chi connectivity index (χ4n) is 2.84. The molecule has 0 bridgehead atoms. The molecule has 0 aliphatic carbocycles. The van der Waals surface area contributed by atoms with E-state index in [0.29, 0.717) is 16.8 Å². The lowest BCUT2D eigenvalue weighted by molar-refractivity contribution is -0.384. The zero-order chi connectivity index (χ0) is 22.6. The van der Waals surface area contributed by atoms with Crippen molar-refractivity contribution >= 4 is 44.6 Å². The summed E-state index contributed by atoms with van der Waals surface area (Å²) in [7, 11) is -3.95. The van der Waals surface area contributed by atoms with E-state index in [1.807, 2.05) is 0 Å². The Kier molecular flexibility index (Phi) is 6.57. The molecule has 8 nitrogen and oxygen atoms in total. The molecule has 0 aliphatic rings. The Hall–Kier alpha value is -3.43. The Labute approximate surface area is 184 Å². The molecule has 0 spiro atoms. The maximum absolute atomic E-state index is 12.9. The molecule has 10 heteroatoms. The SMILES string of the molecule is Cc1ccc(NC(=O)Cc2ccc([N+](=O)[O-])cc2)cc1S(=O)(=O)Nc1ccccc1Cl. The first-order valence-electron chi connectivity index (χ1n) is 9.07. The lowest BCUT2D eigenvalue weighted by Gasteiger charge is -2.13. The van der Waals surface area contributed by atoms with Crippen molar-refractivity contribution in [1.29, 1.82) is 0 Å². The number of carbonyl (C=O) groups is 1. The van der Waals surface area contributed by atoms with Gasteiger partial charge in [-0.2, -0.15) is 0 Å². The lowest BCUT2D eigenvalue weighted by atomic mass is 10.1. The van der Waals surface area contributed by atoms with Gasteiger partial charge in [0, 0.05) is 17.8 Å². The van der Waals surface area contributed by atoms with Crippen LogP contribution < -0.4 is 10.0 Å². The number of para-hydroxylation sites is 1. The molecular formula is C21H18ClN3O5S. The van der Waals surface area contributed by atoms with Crippen molar-refractivity contribution in [3.63, 3.8) is 0 Å². The van der Waals surface area contributed by atoms with E-state index in [1.165, 1.54) is 30.3 Å². The number of nitrogens with zero attached hydrogens (tertiary/aromatic N) is 1. The van der Waals surface area contributed by atoms with Crippen molar-refractivity contribution in [3.05, 3.63) is 93.0 Å². The highest BCUT2D eigenvalue weighted by Gasteiger charge is 2.19. The van der Waals surface area contributed by atoms with Gasteiger partial charge in [-0.25, -0.2) is 8.42 Å². The number of hydrogen-bond donors (Lipinski definition) is 2. The number of nitrogens with one attached hydrogen (secondary N) is 2. The molecule has 3 rings (SSSR count). The number of halogens is 1. The summed E-state index contributed by atoms with van der Waals surface area (Å²) in [6.07, 6.45) is -0.0220. The van der Waals surface area contributed by atoms with Crippen LogP contribution in [0.5, 0.6) is 0 Å². The zero-order valence-corrected chi connectivity index (χ0v) is 17.9. The molecule has 0 saturated carbocycles. The number of anilines is 2. The number of nitro benzene ring substituents is 1. The summed E-state index contributed by atoms with van der Waals surface area (Å²) in [5.41, 5.74) is 1.56. The molecule has 0 aromatic heterocycles. The van der Waals surface area contributed by atoms with Crippen LogP contribution in [0.25, 0.3) is 0 Å². The average Bonchev–Trinajstić information content (AvgIpc) is 2.71. The van der Waals surface area contributed by atoms with Gasteiger partial charge in [0.15, 0.2) is 0 Å². The molecule has 31 heavy (non-hydrogen) atoms. The van der Waals surface area contributed by atoms with Crippen molar-refractivity contribution < 1.29 is 18.1 Å². The van der Waals surface area contributed by atoms with Crippen LogP contribution in [0.4, 0.5) is 17.1 Å². The minimum Gasteiger partial charge on any atom is -0.326 e. The molecule has 0 unspecified atom stereocenters. The van der Waals surface area contributed by atoms with Crippen molar-refractivity contribution in [3.8, 4) is 0 Å². The maximum Gasteiger partial charge on any atom is 0.269 e. The summed E-state index contributed by atoms with van der Waals surface area (Å²) < 4.78 is 28.2. The molecule has 0 saturated heterocycles. The Morgan fingerprint density at radius 3 is 2.39 bits per heavy atom. The quantitative estimate of drug-likeness (QED) is 0.397. The molecule has 2 N–H and O–H groups in total. The Bertz CT molecular complexity index is 1240. The van der Waals surface area contributed by atoms with Crippen LogP contribution in [-0.2, 0) is 21.2 Å². The first-order chi connectivity index (χ1) is 14.7. The molecular weight excluding hydrogens is 442 g/mol. The zero-order valence-electron chi connectivity index (χ0n) is 16.3. The van der Waals surface area contributed by atoms with Gasteiger partial charge in [-0.05, 0) is 42.3 Å². The van der Waals surface area contributed by atoms with Crippen LogP contribution >= 0.6 is 11.6 Å². The van der Waals surface area contributed by atoms with E-state index in [4.69, 9.17) is 11.6 Å². The van der Waals surface area contributed by atoms with Gasteiger partial charge in [0.05, 0.1) is 26.9 Å². The van der Waals surface area contributed by atoms with Crippen LogP contribution in [0.2, 0.25) is 5.02 Å². The number of hydrogen-bond acceptors (Lipinski definition) is 5. The fraction of sp³-hybridized carbons (Fsp3) is 0.0952. The minimum absolute atomic E-state index is 0.000514. The van der Waals surface area contributed by atoms with Gasteiger partial charge in [0.2, 0.25) is 5.91 Å². The van der Waals surface area contributed by atoms with Gasteiger partial charge in [0.25, 0.3) is 15.7 Å². The molecule has 0 fully saturated rings. The van der Waals surface area contributed by atoms with Crippen molar-refractivity contribution in [2.75, 3.05) is 10.0 Å². The van der Waals surface area contributed by atoms with E-state index >= 15 is 0 Å². The van der Waals surface area contributed by atoms with Crippen LogP contribution in [0.1, 0.15) is 11.1 Å². The predicted molar refractivity (Wildman–Crippen MR) is 119 cm³/mol. The summed E-state index contributed by atoms with van der Waals surface area (Å²) in [6.45, 7) is 1.64. The van der Waals surface area contributed by atoms with E-state index in [2.05, 4.69) is 10.0 Å². The summed E-state index contributed by atoms with van der Waals surface area (Å²) in [5.74, 6) is -0.389. The van der Waals surface area contributed by atoms with E-state index in [-0.39, 0.29) is 33.6 Å². The average molecular weight is 460 g/mol. The van der Waals surface area contributed by atoms with Crippen molar-refractivity contribution in [1.82, 2.24) is 0 Å². The molecule has 3 aromatic carbocycles. The number of carbonyl (C=O) groups excluding carboxylic acids is 1. The number of amides is 1. The summed E-state index contributed by atoms with van der Waals surface area (Å²) in [6, 6.07) is 16.6. The van der Waals surface area contributed by atoms with Crippen LogP contribution in [-0.4, -0.2) is 19.2 Å². The summed E-state index contributed by atoms with van der Waals surface area (Å²) in [4.78, 5) is 22.6. The third-order valence-corrected chi connectivity index (χ3v) is 6.23. The molecule has 3 aromatic rings. The Morgan fingerprint density at radius 1 is 1.06 bits per heavy atom. The fourth-order valence-corrected chi connectivity index (χ4v) is 4.43. The van der Waals surface area contributed by atoms with Gasteiger partial charge in [-0.15, -0.1) is 0 Å². The van der Waals surface area contributed by atoms with Crippen LogP contribution in [0.15, 0.2) is 71.6 Å². The predicted octanol–water partition coefficient (Wildman–Crippen LogP) is 4.54. The second-order valence-electron chi connectivity index (χ2n) is 6.71. The third-order valence-electron chi connectivity index (χ3n) is 4.39. The summed E-state index contributed by atoms with van der Waals surface area (Å²) in [5, 5.41) is 13.6. The molecule has 0 radical (unpaired) electrons. The van der Waals surface area contributed by atoms with Gasteiger partial charge in [0.1, 0.15) is 0 Å². The number of non-ortho nitro benzene ring substituents is 1. The normalized spacial score (nSPS) is 11.0. The molecule has 1 amide bonds. The third kappa shape index (κ3) is 5.59. The first-order valence-corrected chi connectivity index (χ1v) is 10.9. The van der Waals surface area contributed by atoms with Crippen molar-refractivity contribution in [2.24, 2.45) is 0 Å². The highest BCUT2D eigenvalue weighted by Crippen LogP contribution is 2.27. The lowest BCUT2D eigenvalue weighted by Crippen LogP contribution is -2.17. The topological polar surface area (TPSA) is 118 Å². The minimum atomic E-state index is -3.95. The largest absolute Gasteiger partial charge is 0.326 e. The Balaban J connectivity index is 1.76. The van der Waals surface area contributed by atoms with Crippen LogP contribution in [0.3, 0.4) is 0 Å². The number of rotatable bonds is 7. The molecule has 0 heterocycles. The highest BCUT2D eigenvalue weighted by molar-refractivity contribution is 7.92. The van der Waals surface area contributed by atoms with E-state index < -0.39 is 14.9 Å². The molecule has 160 valence electrons. The van der Waals surface area contributed by atoms with Crippen molar-refractivity contribution in [2.45, 2.75) is 18.2 Å². The van der Waals surface area contributed by atoms with Gasteiger partial charge < -0.3 is 5.32 Å². The number of sulfonamides is 1. The number of nitro groups is 1. The summed E-state index contributed by atoms with van der Waals surface area (Å²) >= 11 is 6.04. The second kappa shape index (κ2) is 9.15. The van der Waals surface area contributed by atoms with Gasteiger partial charge in [-0.3, -0.25) is 19.6 Å². The highest BCUT2D eigenvalue weighted by atomic mass is 35.5. The molecule has 0 atom stereocenters. The van der Waals surface area contributed by atoms with E-state index in [0.717, 1.165) is 0 Å².